The second-order valence-electron chi connectivity index (χ2n) is 8.84. The SMILES string of the molecule is O=c1n(Cc2nc(N3CC(F)(F)C3)n(-c3ccccc3Cl)n2)nc(-c2ccc(Cl)cc2)n1CC(O)C(F)(F)F. The van der Waals surface area contributed by atoms with E-state index in [4.69, 9.17) is 23.2 Å². The molecule has 4 aromatic rings. The van der Waals surface area contributed by atoms with Crippen LogP contribution in [0.15, 0.2) is 53.3 Å². The van der Waals surface area contributed by atoms with Crippen LogP contribution in [0.5, 0.6) is 0 Å². The van der Waals surface area contributed by atoms with Crippen LogP contribution in [0.2, 0.25) is 10.0 Å². The highest BCUT2D eigenvalue weighted by molar-refractivity contribution is 6.32. The molecule has 3 heterocycles. The van der Waals surface area contributed by atoms with E-state index in [0.29, 0.717) is 15.3 Å². The smallest absolute Gasteiger partial charge is 0.382 e. The number of aromatic nitrogens is 6. The Kier molecular flexibility index (Phi) is 6.89. The van der Waals surface area contributed by atoms with Gasteiger partial charge in [0.05, 0.1) is 30.3 Å². The molecule has 5 rings (SSSR count). The summed E-state index contributed by atoms with van der Waals surface area (Å²) in [5.41, 5.74) is -0.367. The fourth-order valence-corrected chi connectivity index (χ4v) is 4.33. The van der Waals surface area contributed by atoms with Gasteiger partial charge in [-0.15, -0.1) is 10.2 Å². The van der Waals surface area contributed by atoms with Gasteiger partial charge in [-0.3, -0.25) is 4.57 Å². The van der Waals surface area contributed by atoms with Crippen molar-refractivity contribution in [1.29, 1.82) is 0 Å². The summed E-state index contributed by atoms with van der Waals surface area (Å²) in [5, 5.41) is 18.8. The minimum Gasteiger partial charge on any atom is -0.382 e. The van der Waals surface area contributed by atoms with E-state index in [9.17, 15) is 31.9 Å². The van der Waals surface area contributed by atoms with Gasteiger partial charge in [-0.25, -0.2) is 18.3 Å². The van der Waals surface area contributed by atoms with E-state index in [1.54, 1.807) is 24.3 Å². The molecule has 16 heteroatoms. The van der Waals surface area contributed by atoms with Crippen LogP contribution in [-0.2, 0) is 13.1 Å². The first-order valence-electron chi connectivity index (χ1n) is 11.3. The van der Waals surface area contributed by atoms with E-state index in [1.165, 1.54) is 33.8 Å². The van der Waals surface area contributed by atoms with Gasteiger partial charge in [-0.1, -0.05) is 35.3 Å². The Morgan fingerprint density at radius 3 is 2.31 bits per heavy atom. The van der Waals surface area contributed by atoms with Crippen molar-refractivity contribution in [1.82, 2.24) is 29.1 Å². The zero-order chi connectivity index (χ0) is 28.1. The van der Waals surface area contributed by atoms with Gasteiger partial charge in [-0.2, -0.15) is 22.8 Å². The quantitative estimate of drug-likeness (QED) is 0.327. The lowest BCUT2D eigenvalue weighted by Gasteiger charge is -2.39. The largest absolute Gasteiger partial charge is 0.416 e. The number of aliphatic hydroxyl groups excluding tert-OH is 1. The monoisotopic (exact) mass is 589 g/mol. The number of nitrogens with zero attached hydrogens (tertiary/aromatic N) is 7. The molecule has 0 aliphatic carbocycles. The number of alkyl halides is 5. The summed E-state index contributed by atoms with van der Waals surface area (Å²) in [6, 6.07) is 12.3. The summed E-state index contributed by atoms with van der Waals surface area (Å²) >= 11 is 12.2. The normalized spacial score (nSPS) is 15.8. The number of halogens is 7. The van der Waals surface area contributed by atoms with E-state index in [-0.39, 0.29) is 28.2 Å². The number of hydrogen-bond donors (Lipinski definition) is 1. The number of anilines is 1. The molecule has 1 saturated heterocycles. The summed E-state index contributed by atoms with van der Waals surface area (Å²) < 4.78 is 69.4. The van der Waals surface area contributed by atoms with Crippen LogP contribution in [0.1, 0.15) is 5.82 Å². The van der Waals surface area contributed by atoms with E-state index in [2.05, 4.69) is 15.2 Å². The average molecular weight is 590 g/mol. The fraction of sp³-hybridized carbons (Fsp3) is 0.304. The summed E-state index contributed by atoms with van der Waals surface area (Å²) in [6.07, 6.45) is -7.82. The van der Waals surface area contributed by atoms with Crippen LogP contribution in [0.25, 0.3) is 17.1 Å². The van der Waals surface area contributed by atoms with Crippen molar-refractivity contribution >= 4 is 29.2 Å². The standard InChI is InChI=1S/C23H18Cl2F5N7O2/c24-14-7-5-13(6-8-14)19-33-36(21(39)35(19)9-17(38)23(28,29)30)10-18-31-20(34-11-22(26,27)12-34)37(32-18)16-4-2-1-3-15(16)25/h1-8,17,38H,9-12H2. The van der Waals surface area contributed by atoms with Crippen molar-refractivity contribution in [2.24, 2.45) is 0 Å². The van der Waals surface area contributed by atoms with Crippen molar-refractivity contribution in [3.05, 3.63) is 74.9 Å². The molecule has 2 aromatic heterocycles. The Bertz CT molecular complexity index is 1560. The molecule has 39 heavy (non-hydrogen) atoms. The highest BCUT2D eigenvalue weighted by atomic mass is 35.5. The maximum Gasteiger partial charge on any atom is 0.416 e. The van der Waals surface area contributed by atoms with Crippen LogP contribution < -0.4 is 10.6 Å². The molecule has 1 fully saturated rings. The van der Waals surface area contributed by atoms with Crippen LogP contribution in [0, 0.1) is 0 Å². The zero-order valence-electron chi connectivity index (χ0n) is 19.7. The Balaban J connectivity index is 1.55. The van der Waals surface area contributed by atoms with Gasteiger partial charge in [0, 0.05) is 10.6 Å². The van der Waals surface area contributed by atoms with Gasteiger partial charge in [-0.05, 0) is 36.4 Å². The molecule has 1 aliphatic heterocycles. The maximum absolute atomic E-state index is 13.6. The molecule has 0 amide bonds. The first-order valence-corrected chi connectivity index (χ1v) is 12.1. The molecule has 0 radical (unpaired) electrons. The van der Waals surface area contributed by atoms with Gasteiger partial charge >= 0.3 is 11.9 Å². The van der Waals surface area contributed by atoms with E-state index in [1.807, 2.05) is 0 Å². The number of benzene rings is 2. The molecule has 2 aromatic carbocycles. The third-order valence-electron chi connectivity index (χ3n) is 5.89. The van der Waals surface area contributed by atoms with E-state index < -0.39 is 50.1 Å². The summed E-state index contributed by atoms with van der Waals surface area (Å²) in [5.74, 6) is -3.07. The molecular formula is C23H18Cl2F5N7O2. The van der Waals surface area contributed by atoms with Gasteiger partial charge in [0.1, 0.15) is 6.54 Å². The first-order chi connectivity index (χ1) is 18.3. The molecule has 1 atom stereocenters. The van der Waals surface area contributed by atoms with Crippen LogP contribution in [0.4, 0.5) is 27.9 Å². The van der Waals surface area contributed by atoms with E-state index in [0.717, 1.165) is 4.68 Å². The van der Waals surface area contributed by atoms with Gasteiger partial charge in [0.25, 0.3) is 5.92 Å². The molecular weight excluding hydrogens is 572 g/mol. The van der Waals surface area contributed by atoms with Crippen LogP contribution in [0.3, 0.4) is 0 Å². The van der Waals surface area contributed by atoms with Crippen LogP contribution >= 0.6 is 23.2 Å². The van der Waals surface area contributed by atoms with Crippen molar-refractivity contribution < 1.29 is 27.1 Å². The third-order valence-corrected chi connectivity index (χ3v) is 6.46. The van der Waals surface area contributed by atoms with Gasteiger partial charge in [0.2, 0.25) is 5.95 Å². The number of hydrogen-bond acceptors (Lipinski definition) is 6. The lowest BCUT2D eigenvalue weighted by atomic mass is 10.2. The lowest BCUT2D eigenvalue weighted by Crippen LogP contribution is -2.57. The lowest BCUT2D eigenvalue weighted by molar-refractivity contribution is -0.207. The second kappa shape index (κ2) is 9.92. The third kappa shape index (κ3) is 5.49. The first kappa shape index (κ1) is 27.1. The van der Waals surface area contributed by atoms with Crippen molar-refractivity contribution in [2.75, 3.05) is 18.0 Å². The van der Waals surface area contributed by atoms with E-state index >= 15 is 0 Å². The topological polar surface area (TPSA) is 94.0 Å². The van der Waals surface area contributed by atoms with Gasteiger partial charge in [0.15, 0.2) is 17.8 Å². The second-order valence-corrected chi connectivity index (χ2v) is 9.69. The molecule has 0 bridgehead atoms. The molecule has 1 aliphatic rings. The fourth-order valence-electron chi connectivity index (χ4n) is 3.99. The molecule has 0 spiro atoms. The number of rotatable bonds is 7. The predicted molar refractivity (Wildman–Crippen MR) is 132 cm³/mol. The number of aliphatic hydroxyl groups is 1. The minimum absolute atomic E-state index is 0.0362. The Hall–Kier alpha value is -3.49. The molecule has 9 nitrogen and oxygen atoms in total. The summed E-state index contributed by atoms with van der Waals surface area (Å²) in [6.45, 7) is -2.75. The highest BCUT2D eigenvalue weighted by Crippen LogP contribution is 2.33. The highest BCUT2D eigenvalue weighted by Gasteiger charge is 2.46. The van der Waals surface area contributed by atoms with Gasteiger partial charge < -0.3 is 10.0 Å². The average Bonchev–Trinajstić information content (AvgIpc) is 3.39. The Morgan fingerprint density at radius 2 is 1.69 bits per heavy atom. The Labute approximate surface area is 226 Å². The molecule has 1 N–H and O–H groups in total. The molecule has 0 saturated carbocycles. The molecule has 206 valence electrons. The summed E-state index contributed by atoms with van der Waals surface area (Å²) in [4.78, 5) is 18.7. The zero-order valence-corrected chi connectivity index (χ0v) is 21.2. The van der Waals surface area contributed by atoms with Crippen molar-refractivity contribution in [3.63, 3.8) is 0 Å². The van der Waals surface area contributed by atoms with Crippen LogP contribution in [-0.4, -0.2) is 65.5 Å². The van der Waals surface area contributed by atoms with Crippen molar-refractivity contribution in [3.8, 4) is 17.1 Å². The number of para-hydroxylation sites is 1. The maximum atomic E-state index is 13.6. The van der Waals surface area contributed by atoms with Crippen molar-refractivity contribution in [2.45, 2.75) is 31.3 Å². The summed E-state index contributed by atoms with van der Waals surface area (Å²) in [7, 11) is 0. The predicted octanol–water partition coefficient (Wildman–Crippen LogP) is 4.03. The minimum atomic E-state index is -4.98. The molecule has 1 unspecified atom stereocenters. The Morgan fingerprint density at radius 1 is 1.03 bits per heavy atom.